The van der Waals surface area contributed by atoms with E-state index >= 15 is 0 Å². The molecule has 0 unspecified atom stereocenters. The van der Waals surface area contributed by atoms with Gasteiger partial charge in [-0.3, -0.25) is 0 Å². The SMILES string of the molecule is CCc1ccc(CNc2ccc(Cl)cc2F)o1. The highest BCUT2D eigenvalue weighted by molar-refractivity contribution is 6.30. The van der Waals surface area contributed by atoms with Gasteiger partial charge in [-0.1, -0.05) is 18.5 Å². The van der Waals surface area contributed by atoms with Crippen molar-refractivity contribution in [2.45, 2.75) is 19.9 Å². The Kier molecular flexibility index (Phi) is 3.69. The smallest absolute Gasteiger partial charge is 0.147 e. The first-order valence-corrected chi connectivity index (χ1v) is 5.83. The maximum Gasteiger partial charge on any atom is 0.147 e. The van der Waals surface area contributed by atoms with Gasteiger partial charge in [0.15, 0.2) is 0 Å². The third-order valence-electron chi connectivity index (χ3n) is 2.45. The topological polar surface area (TPSA) is 25.2 Å². The molecule has 0 fully saturated rings. The fourth-order valence-corrected chi connectivity index (χ4v) is 1.68. The number of anilines is 1. The quantitative estimate of drug-likeness (QED) is 0.881. The molecule has 4 heteroatoms. The van der Waals surface area contributed by atoms with Crippen molar-refractivity contribution in [3.63, 3.8) is 0 Å². The van der Waals surface area contributed by atoms with E-state index in [9.17, 15) is 4.39 Å². The van der Waals surface area contributed by atoms with E-state index in [2.05, 4.69) is 5.32 Å². The van der Waals surface area contributed by atoms with Crippen LogP contribution in [0.1, 0.15) is 18.4 Å². The Morgan fingerprint density at radius 2 is 2.00 bits per heavy atom. The number of benzene rings is 1. The van der Waals surface area contributed by atoms with Gasteiger partial charge >= 0.3 is 0 Å². The van der Waals surface area contributed by atoms with Crippen molar-refractivity contribution >= 4 is 17.3 Å². The molecular formula is C13H13ClFNO. The number of rotatable bonds is 4. The molecule has 0 aliphatic heterocycles. The lowest BCUT2D eigenvalue weighted by Crippen LogP contribution is -2.00. The first-order valence-electron chi connectivity index (χ1n) is 5.45. The Morgan fingerprint density at radius 3 is 2.65 bits per heavy atom. The highest BCUT2D eigenvalue weighted by Crippen LogP contribution is 2.20. The van der Waals surface area contributed by atoms with Gasteiger partial charge < -0.3 is 9.73 Å². The van der Waals surface area contributed by atoms with E-state index in [1.54, 1.807) is 12.1 Å². The van der Waals surface area contributed by atoms with Gasteiger partial charge in [-0.05, 0) is 30.3 Å². The van der Waals surface area contributed by atoms with Crippen molar-refractivity contribution in [3.05, 3.63) is 52.7 Å². The lowest BCUT2D eigenvalue weighted by molar-refractivity contribution is 0.475. The van der Waals surface area contributed by atoms with Gasteiger partial charge in [-0.2, -0.15) is 0 Å². The summed E-state index contributed by atoms with van der Waals surface area (Å²) in [6, 6.07) is 8.35. The summed E-state index contributed by atoms with van der Waals surface area (Å²) in [7, 11) is 0. The van der Waals surface area contributed by atoms with Crippen LogP contribution in [0, 0.1) is 5.82 Å². The minimum atomic E-state index is -0.361. The van der Waals surface area contributed by atoms with Gasteiger partial charge in [0, 0.05) is 11.4 Å². The maximum absolute atomic E-state index is 13.4. The number of nitrogens with one attached hydrogen (secondary N) is 1. The van der Waals surface area contributed by atoms with Crippen LogP contribution >= 0.6 is 11.6 Å². The minimum absolute atomic E-state index is 0.361. The standard InChI is InChI=1S/C13H13ClFNO/c1-2-10-4-5-11(17-10)8-16-13-6-3-9(14)7-12(13)15/h3-7,16H,2,8H2,1H3. The number of aryl methyl sites for hydroxylation is 1. The highest BCUT2D eigenvalue weighted by Gasteiger charge is 2.04. The fourth-order valence-electron chi connectivity index (χ4n) is 1.52. The first kappa shape index (κ1) is 12.0. The zero-order valence-corrected chi connectivity index (χ0v) is 10.2. The Balaban J connectivity index is 2.02. The van der Waals surface area contributed by atoms with Crippen molar-refractivity contribution in [1.82, 2.24) is 0 Å². The van der Waals surface area contributed by atoms with Crippen LogP contribution in [0.5, 0.6) is 0 Å². The molecule has 0 saturated heterocycles. The predicted octanol–water partition coefficient (Wildman–Crippen LogP) is 4.25. The molecule has 1 aromatic carbocycles. The molecule has 0 radical (unpaired) electrons. The van der Waals surface area contributed by atoms with Gasteiger partial charge in [0.1, 0.15) is 17.3 Å². The monoisotopic (exact) mass is 253 g/mol. The summed E-state index contributed by atoms with van der Waals surface area (Å²) in [5.41, 5.74) is 0.420. The van der Waals surface area contributed by atoms with E-state index in [1.807, 2.05) is 19.1 Å². The molecule has 17 heavy (non-hydrogen) atoms. The molecule has 1 N–H and O–H groups in total. The molecule has 0 aliphatic carbocycles. The molecule has 1 aromatic heterocycles. The molecule has 0 aliphatic rings. The Labute approximate surface area is 104 Å². The molecule has 2 nitrogen and oxygen atoms in total. The van der Waals surface area contributed by atoms with Gasteiger partial charge in [-0.15, -0.1) is 0 Å². The van der Waals surface area contributed by atoms with Gasteiger partial charge in [0.25, 0.3) is 0 Å². The number of hydrogen-bond donors (Lipinski definition) is 1. The Morgan fingerprint density at radius 1 is 1.24 bits per heavy atom. The van der Waals surface area contributed by atoms with Crippen molar-refractivity contribution in [3.8, 4) is 0 Å². The van der Waals surface area contributed by atoms with E-state index in [-0.39, 0.29) is 5.82 Å². The molecule has 2 rings (SSSR count). The summed E-state index contributed by atoms with van der Waals surface area (Å²) in [5, 5.41) is 3.35. The van der Waals surface area contributed by atoms with Crippen LogP contribution in [-0.2, 0) is 13.0 Å². The van der Waals surface area contributed by atoms with Crippen LogP contribution in [0.2, 0.25) is 5.02 Å². The van der Waals surface area contributed by atoms with Gasteiger partial charge in [0.05, 0.1) is 12.2 Å². The number of furan rings is 1. The van der Waals surface area contributed by atoms with Gasteiger partial charge in [0.2, 0.25) is 0 Å². The maximum atomic E-state index is 13.4. The average Bonchev–Trinajstić information content (AvgIpc) is 2.76. The third kappa shape index (κ3) is 3.01. The summed E-state index contributed by atoms with van der Waals surface area (Å²) in [6.07, 6.45) is 0.856. The highest BCUT2D eigenvalue weighted by atomic mass is 35.5. The molecule has 0 amide bonds. The largest absolute Gasteiger partial charge is 0.464 e. The first-order chi connectivity index (χ1) is 8.19. The molecular weight excluding hydrogens is 241 g/mol. The second-order valence-corrected chi connectivity index (χ2v) is 4.14. The zero-order valence-electron chi connectivity index (χ0n) is 9.47. The Bertz CT molecular complexity index is 510. The molecule has 0 saturated carbocycles. The van der Waals surface area contributed by atoms with E-state index in [0.29, 0.717) is 17.3 Å². The number of halogens is 2. The summed E-state index contributed by atoms with van der Waals surface area (Å²) >= 11 is 5.67. The summed E-state index contributed by atoms with van der Waals surface area (Å²) < 4.78 is 19.0. The second kappa shape index (κ2) is 5.23. The van der Waals surface area contributed by atoms with Crippen LogP contribution in [0.3, 0.4) is 0 Å². The van der Waals surface area contributed by atoms with E-state index < -0.39 is 0 Å². The van der Waals surface area contributed by atoms with Crippen molar-refractivity contribution in [2.24, 2.45) is 0 Å². The molecule has 2 aromatic rings. The fraction of sp³-hybridized carbons (Fsp3) is 0.231. The van der Waals surface area contributed by atoms with Crippen LogP contribution in [0.4, 0.5) is 10.1 Å². The van der Waals surface area contributed by atoms with Crippen LogP contribution in [0.25, 0.3) is 0 Å². The van der Waals surface area contributed by atoms with E-state index in [0.717, 1.165) is 17.9 Å². The molecule has 90 valence electrons. The van der Waals surface area contributed by atoms with Crippen LogP contribution in [0.15, 0.2) is 34.7 Å². The Hall–Kier alpha value is -1.48. The van der Waals surface area contributed by atoms with Crippen molar-refractivity contribution in [1.29, 1.82) is 0 Å². The second-order valence-electron chi connectivity index (χ2n) is 3.70. The van der Waals surface area contributed by atoms with Crippen LogP contribution < -0.4 is 5.32 Å². The minimum Gasteiger partial charge on any atom is -0.464 e. The number of hydrogen-bond acceptors (Lipinski definition) is 2. The van der Waals surface area contributed by atoms with Gasteiger partial charge in [-0.25, -0.2) is 4.39 Å². The average molecular weight is 254 g/mol. The summed E-state index contributed by atoms with van der Waals surface area (Å²) in [5.74, 6) is 1.36. The third-order valence-corrected chi connectivity index (χ3v) is 2.69. The van der Waals surface area contributed by atoms with Crippen LogP contribution in [-0.4, -0.2) is 0 Å². The molecule has 0 atom stereocenters. The summed E-state index contributed by atoms with van der Waals surface area (Å²) in [6.45, 7) is 2.48. The van der Waals surface area contributed by atoms with Crippen molar-refractivity contribution < 1.29 is 8.81 Å². The molecule has 0 bridgehead atoms. The van der Waals surface area contributed by atoms with E-state index in [4.69, 9.17) is 16.0 Å². The zero-order chi connectivity index (χ0) is 12.3. The van der Waals surface area contributed by atoms with E-state index in [1.165, 1.54) is 6.07 Å². The molecule has 0 spiro atoms. The predicted molar refractivity (Wildman–Crippen MR) is 66.8 cm³/mol. The normalized spacial score (nSPS) is 10.5. The lowest BCUT2D eigenvalue weighted by atomic mass is 10.3. The molecule has 1 heterocycles. The lowest BCUT2D eigenvalue weighted by Gasteiger charge is -2.05. The van der Waals surface area contributed by atoms with Crippen molar-refractivity contribution in [2.75, 3.05) is 5.32 Å². The summed E-state index contributed by atoms with van der Waals surface area (Å²) in [4.78, 5) is 0.